The average molecular weight is 278 g/mol. The lowest BCUT2D eigenvalue weighted by Gasteiger charge is -2.18. The van der Waals surface area contributed by atoms with Crippen molar-refractivity contribution in [3.05, 3.63) is 29.8 Å². The zero-order chi connectivity index (χ0) is 14.7. The Morgan fingerprint density at radius 1 is 1.40 bits per heavy atom. The summed E-state index contributed by atoms with van der Waals surface area (Å²) in [4.78, 5) is 13.8. The van der Waals surface area contributed by atoms with E-state index in [9.17, 15) is 15.0 Å². The third kappa shape index (κ3) is 3.49. The lowest BCUT2D eigenvalue weighted by atomic mass is 10.0. The van der Waals surface area contributed by atoms with Gasteiger partial charge in [-0.15, -0.1) is 0 Å². The van der Waals surface area contributed by atoms with Gasteiger partial charge in [-0.25, -0.2) is 4.79 Å². The van der Waals surface area contributed by atoms with Crippen molar-refractivity contribution in [1.82, 2.24) is 4.90 Å². The maximum atomic E-state index is 12.1. The quantitative estimate of drug-likeness (QED) is 0.791. The van der Waals surface area contributed by atoms with Gasteiger partial charge in [-0.1, -0.05) is 12.1 Å². The van der Waals surface area contributed by atoms with Crippen LogP contribution in [0.25, 0.3) is 0 Å². The predicted octanol–water partition coefficient (Wildman–Crippen LogP) is 1.97. The first-order chi connectivity index (χ1) is 9.47. The molecule has 5 nitrogen and oxygen atoms in total. The van der Waals surface area contributed by atoms with Crippen LogP contribution in [0.2, 0.25) is 0 Å². The van der Waals surface area contributed by atoms with Crippen LogP contribution in [0.1, 0.15) is 31.9 Å². The number of likely N-dealkylation sites (tertiary alicyclic amines) is 1. The van der Waals surface area contributed by atoms with E-state index in [-0.39, 0.29) is 18.1 Å². The fourth-order valence-corrected chi connectivity index (χ4v) is 2.44. The zero-order valence-corrected chi connectivity index (χ0v) is 11.9. The second-order valence-corrected chi connectivity index (χ2v) is 5.47. The molecule has 5 heteroatoms. The first kappa shape index (κ1) is 14.8. The molecule has 1 aromatic carbocycles. The van der Waals surface area contributed by atoms with E-state index < -0.39 is 6.10 Å². The number of aliphatic hydroxyl groups is 2. The molecule has 0 aliphatic carbocycles. The summed E-state index contributed by atoms with van der Waals surface area (Å²) in [5, 5.41) is 21.9. The number of anilines is 1. The van der Waals surface area contributed by atoms with E-state index in [1.54, 1.807) is 36.9 Å². The van der Waals surface area contributed by atoms with Gasteiger partial charge in [0, 0.05) is 24.7 Å². The van der Waals surface area contributed by atoms with Crippen LogP contribution < -0.4 is 5.32 Å². The summed E-state index contributed by atoms with van der Waals surface area (Å²) in [6.45, 7) is 4.70. The summed E-state index contributed by atoms with van der Waals surface area (Å²) < 4.78 is 0. The zero-order valence-electron chi connectivity index (χ0n) is 11.9. The number of rotatable bonds is 3. The molecule has 0 saturated carbocycles. The molecular formula is C15H22N2O3. The number of urea groups is 1. The fraction of sp³-hybridized carbons (Fsp3) is 0.533. The van der Waals surface area contributed by atoms with Crippen LogP contribution in [0.5, 0.6) is 0 Å². The van der Waals surface area contributed by atoms with Crippen LogP contribution >= 0.6 is 0 Å². The van der Waals surface area contributed by atoms with Crippen molar-refractivity contribution in [2.45, 2.75) is 32.5 Å². The normalized spacial score (nSPS) is 21.6. The van der Waals surface area contributed by atoms with Gasteiger partial charge in [-0.3, -0.25) is 0 Å². The molecule has 0 bridgehead atoms. The monoisotopic (exact) mass is 278 g/mol. The van der Waals surface area contributed by atoms with E-state index >= 15 is 0 Å². The van der Waals surface area contributed by atoms with Gasteiger partial charge >= 0.3 is 6.03 Å². The third-order valence-electron chi connectivity index (χ3n) is 3.81. The number of aliphatic hydroxyl groups excluding tert-OH is 2. The summed E-state index contributed by atoms with van der Waals surface area (Å²) >= 11 is 0. The maximum Gasteiger partial charge on any atom is 0.321 e. The van der Waals surface area contributed by atoms with Crippen LogP contribution in [-0.2, 0) is 0 Å². The largest absolute Gasteiger partial charge is 0.393 e. The molecular weight excluding hydrogens is 256 g/mol. The Kier molecular flexibility index (Phi) is 4.62. The van der Waals surface area contributed by atoms with Crippen LogP contribution in [-0.4, -0.2) is 40.3 Å². The number of hydrogen-bond donors (Lipinski definition) is 3. The topological polar surface area (TPSA) is 72.8 Å². The van der Waals surface area contributed by atoms with Gasteiger partial charge in [-0.05, 0) is 38.0 Å². The summed E-state index contributed by atoms with van der Waals surface area (Å²) in [5.74, 6) is 0.157. The van der Waals surface area contributed by atoms with Gasteiger partial charge in [0.15, 0.2) is 0 Å². The molecule has 1 fully saturated rings. The summed E-state index contributed by atoms with van der Waals surface area (Å²) in [5.41, 5.74) is 1.44. The first-order valence-electron chi connectivity index (χ1n) is 6.99. The van der Waals surface area contributed by atoms with Crippen LogP contribution in [0.4, 0.5) is 10.5 Å². The van der Waals surface area contributed by atoms with Crippen molar-refractivity contribution in [1.29, 1.82) is 0 Å². The summed E-state index contributed by atoms with van der Waals surface area (Å²) in [7, 11) is 0. The number of hydrogen-bond acceptors (Lipinski definition) is 3. The minimum atomic E-state index is -0.557. The van der Waals surface area contributed by atoms with Gasteiger partial charge in [0.1, 0.15) is 0 Å². The third-order valence-corrected chi connectivity index (χ3v) is 3.81. The SMILES string of the molecule is CC(O)c1cccc(NC(=O)N2CCC(C(C)O)C2)c1. The molecule has 1 aliphatic rings. The second-order valence-electron chi connectivity index (χ2n) is 5.47. The first-order valence-corrected chi connectivity index (χ1v) is 6.99. The fourth-order valence-electron chi connectivity index (χ4n) is 2.44. The number of nitrogens with zero attached hydrogens (tertiary/aromatic N) is 1. The summed E-state index contributed by atoms with van der Waals surface area (Å²) in [6.07, 6.45) is -0.108. The van der Waals surface area contributed by atoms with E-state index in [2.05, 4.69) is 5.32 Å². The molecule has 1 heterocycles. The van der Waals surface area contributed by atoms with Crippen molar-refractivity contribution in [3.63, 3.8) is 0 Å². The number of benzene rings is 1. The Labute approximate surface area is 119 Å². The molecule has 0 aromatic heterocycles. The Balaban J connectivity index is 1.97. The van der Waals surface area contributed by atoms with Crippen molar-refractivity contribution in [2.75, 3.05) is 18.4 Å². The molecule has 110 valence electrons. The molecule has 3 unspecified atom stereocenters. The van der Waals surface area contributed by atoms with Crippen molar-refractivity contribution in [2.24, 2.45) is 5.92 Å². The molecule has 2 amide bonds. The molecule has 1 aromatic rings. The van der Waals surface area contributed by atoms with Gasteiger partial charge in [-0.2, -0.15) is 0 Å². The van der Waals surface area contributed by atoms with Crippen LogP contribution in [0, 0.1) is 5.92 Å². The highest BCUT2D eigenvalue weighted by Crippen LogP contribution is 2.21. The van der Waals surface area contributed by atoms with E-state index in [1.165, 1.54) is 0 Å². The molecule has 1 saturated heterocycles. The number of amides is 2. The minimum Gasteiger partial charge on any atom is -0.393 e. The Hall–Kier alpha value is -1.59. The minimum absolute atomic E-state index is 0.157. The standard InChI is InChI=1S/C15H22N2O3/c1-10(18)12-4-3-5-14(8-12)16-15(20)17-7-6-13(9-17)11(2)19/h3-5,8,10-11,13,18-19H,6-7,9H2,1-2H3,(H,16,20). The highest BCUT2D eigenvalue weighted by atomic mass is 16.3. The smallest absolute Gasteiger partial charge is 0.321 e. The number of carbonyl (C=O) groups excluding carboxylic acids is 1. The van der Waals surface area contributed by atoms with E-state index in [0.29, 0.717) is 18.8 Å². The molecule has 20 heavy (non-hydrogen) atoms. The van der Waals surface area contributed by atoms with Crippen molar-refractivity contribution in [3.8, 4) is 0 Å². The second kappa shape index (κ2) is 6.24. The van der Waals surface area contributed by atoms with Crippen LogP contribution in [0.3, 0.4) is 0 Å². The van der Waals surface area contributed by atoms with Gasteiger partial charge in [0.25, 0.3) is 0 Å². The molecule has 2 rings (SSSR count). The van der Waals surface area contributed by atoms with Gasteiger partial charge < -0.3 is 20.4 Å². The molecule has 3 atom stereocenters. The maximum absolute atomic E-state index is 12.1. The highest BCUT2D eigenvalue weighted by molar-refractivity contribution is 5.89. The summed E-state index contributed by atoms with van der Waals surface area (Å²) in [6, 6.07) is 7.03. The highest BCUT2D eigenvalue weighted by Gasteiger charge is 2.29. The molecule has 1 aliphatic heterocycles. The Morgan fingerprint density at radius 3 is 2.75 bits per heavy atom. The van der Waals surface area contributed by atoms with Gasteiger partial charge in [0.2, 0.25) is 0 Å². The van der Waals surface area contributed by atoms with Crippen LogP contribution in [0.15, 0.2) is 24.3 Å². The van der Waals surface area contributed by atoms with E-state index in [4.69, 9.17) is 0 Å². The molecule has 0 radical (unpaired) electrons. The van der Waals surface area contributed by atoms with E-state index in [0.717, 1.165) is 12.0 Å². The molecule has 0 spiro atoms. The van der Waals surface area contributed by atoms with Crippen molar-refractivity contribution < 1.29 is 15.0 Å². The van der Waals surface area contributed by atoms with Crippen molar-refractivity contribution >= 4 is 11.7 Å². The molecule has 3 N–H and O–H groups in total. The van der Waals surface area contributed by atoms with E-state index in [1.807, 2.05) is 6.07 Å². The Bertz CT molecular complexity index is 474. The average Bonchev–Trinajstić information content (AvgIpc) is 2.88. The number of carbonyl (C=O) groups is 1. The van der Waals surface area contributed by atoms with Gasteiger partial charge in [0.05, 0.1) is 12.2 Å². The number of nitrogens with one attached hydrogen (secondary N) is 1. The Morgan fingerprint density at radius 2 is 2.15 bits per heavy atom. The predicted molar refractivity (Wildman–Crippen MR) is 77.5 cm³/mol. The lowest BCUT2D eigenvalue weighted by Crippen LogP contribution is -2.34. The lowest BCUT2D eigenvalue weighted by molar-refractivity contribution is 0.130.